The molecule has 136 valence electrons. The lowest BCUT2D eigenvalue weighted by Crippen LogP contribution is -2.30. The molecular formula is C19H28N4OS. The second-order valence-electron chi connectivity index (χ2n) is 6.05. The molecule has 2 rings (SSSR count). The van der Waals surface area contributed by atoms with Crippen molar-refractivity contribution in [3.8, 4) is 0 Å². The van der Waals surface area contributed by atoms with E-state index in [2.05, 4.69) is 54.3 Å². The Morgan fingerprint density at radius 3 is 2.72 bits per heavy atom. The molecule has 2 aromatic rings. The third-order valence-electron chi connectivity index (χ3n) is 4.41. The van der Waals surface area contributed by atoms with Crippen LogP contribution in [0, 0.1) is 13.8 Å². The second-order valence-corrected chi connectivity index (χ2v) is 6.90. The van der Waals surface area contributed by atoms with Gasteiger partial charge in [-0.2, -0.15) is 0 Å². The van der Waals surface area contributed by atoms with Crippen molar-refractivity contribution < 1.29 is 4.79 Å². The monoisotopic (exact) mass is 360 g/mol. The summed E-state index contributed by atoms with van der Waals surface area (Å²) in [5.41, 5.74) is 3.93. The largest absolute Gasteiger partial charge is 0.351 e. The van der Waals surface area contributed by atoms with Gasteiger partial charge in [-0.05, 0) is 57.1 Å². The Morgan fingerprint density at radius 2 is 2.00 bits per heavy atom. The zero-order valence-corrected chi connectivity index (χ0v) is 16.4. The van der Waals surface area contributed by atoms with Crippen molar-refractivity contribution in [2.75, 3.05) is 31.5 Å². The van der Waals surface area contributed by atoms with Crippen LogP contribution in [0.4, 0.5) is 10.8 Å². The van der Waals surface area contributed by atoms with Crippen LogP contribution in [0.25, 0.3) is 0 Å². The van der Waals surface area contributed by atoms with Gasteiger partial charge in [0.25, 0.3) is 5.91 Å². The van der Waals surface area contributed by atoms with Crippen LogP contribution < -0.4 is 10.6 Å². The summed E-state index contributed by atoms with van der Waals surface area (Å²) in [6, 6.07) is 6.12. The van der Waals surface area contributed by atoms with Crippen LogP contribution in [-0.4, -0.2) is 42.0 Å². The van der Waals surface area contributed by atoms with Crippen LogP contribution in [0.3, 0.4) is 0 Å². The number of thiazole rings is 1. The fourth-order valence-electron chi connectivity index (χ4n) is 2.57. The van der Waals surface area contributed by atoms with Crippen LogP contribution in [0.15, 0.2) is 23.6 Å². The maximum absolute atomic E-state index is 12.2. The lowest BCUT2D eigenvalue weighted by molar-refractivity contribution is 0.0947. The minimum atomic E-state index is -0.107. The number of nitrogens with one attached hydrogen (secondary N) is 2. The number of anilines is 2. The van der Waals surface area contributed by atoms with E-state index in [-0.39, 0.29) is 5.91 Å². The Labute approximate surface area is 154 Å². The van der Waals surface area contributed by atoms with E-state index in [0.717, 1.165) is 36.9 Å². The Kier molecular flexibility index (Phi) is 7.40. The van der Waals surface area contributed by atoms with E-state index in [1.165, 1.54) is 22.5 Å². The summed E-state index contributed by atoms with van der Waals surface area (Å²) < 4.78 is 0. The molecule has 0 spiro atoms. The molecule has 0 bridgehead atoms. The molecule has 2 N–H and O–H groups in total. The molecule has 0 atom stereocenters. The summed E-state index contributed by atoms with van der Waals surface area (Å²) in [5.74, 6) is -0.107. The molecule has 0 fully saturated rings. The zero-order valence-electron chi connectivity index (χ0n) is 15.6. The topological polar surface area (TPSA) is 57.3 Å². The number of rotatable bonds is 9. The summed E-state index contributed by atoms with van der Waals surface area (Å²) in [4.78, 5) is 19.0. The summed E-state index contributed by atoms with van der Waals surface area (Å²) >= 11 is 1.45. The molecule has 0 radical (unpaired) electrons. The molecule has 1 aromatic heterocycles. The lowest BCUT2D eigenvalue weighted by atomic mass is 10.1. The van der Waals surface area contributed by atoms with Gasteiger partial charge < -0.3 is 15.5 Å². The van der Waals surface area contributed by atoms with Gasteiger partial charge in [-0.1, -0.05) is 26.0 Å². The molecule has 0 aliphatic rings. The maximum Gasteiger partial charge on any atom is 0.270 e. The Morgan fingerprint density at radius 1 is 1.24 bits per heavy atom. The van der Waals surface area contributed by atoms with Gasteiger partial charge in [-0.15, -0.1) is 11.3 Å². The highest BCUT2D eigenvalue weighted by molar-refractivity contribution is 7.14. The molecule has 25 heavy (non-hydrogen) atoms. The third kappa shape index (κ3) is 5.54. The van der Waals surface area contributed by atoms with Gasteiger partial charge in [0.2, 0.25) is 0 Å². The first-order valence-electron chi connectivity index (χ1n) is 8.84. The Hall–Kier alpha value is -1.92. The van der Waals surface area contributed by atoms with Crippen molar-refractivity contribution >= 4 is 28.1 Å². The van der Waals surface area contributed by atoms with Crippen LogP contribution in [0.5, 0.6) is 0 Å². The van der Waals surface area contributed by atoms with Gasteiger partial charge in [0.15, 0.2) is 5.13 Å². The van der Waals surface area contributed by atoms with Crippen LogP contribution >= 0.6 is 11.3 Å². The average Bonchev–Trinajstić information content (AvgIpc) is 3.07. The molecule has 0 saturated heterocycles. The summed E-state index contributed by atoms with van der Waals surface area (Å²) in [7, 11) is 0. The first kappa shape index (κ1) is 19.4. The van der Waals surface area contributed by atoms with Gasteiger partial charge in [0.05, 0.1) is 0 Å². The molecular weight excluding hydrogens is 332 g/mol. The van der Waals surface area contributed by atoms with Crippen molar-refractivity contribution in [1.29, 1.82) is 0 Å². The fraction of sp³-hybridized carbons (Fsp3) is 0.474. The van der Waals surface area contributed by atoms with Crippen LogP contribution in [0.1, 0.15) is 41.9 Å². The average molecular weight is 361 g/mol. The molecule has 1 heterocycles. The van der Waals surface area contributed by atoms with Crippen LogP contribution in [0.2, 0.25) is 0 Å². The zero-order chi connectivity index (χ0) is 18.2. The highest BCUT2D eigenvalue weighted by atomic mass is 32.1. The summed E-state index contributed by atoms with van der Waals surface area (Å²) in [6.07, 6.45) is 0.950. The minimum absolute atomic E-state index is 0.107. The van der Waals surface area contributed by atoms with Crippen molar-refractivity contribution in [3.05, 3.63) is 40.4 Å². The van der Waals surface area contributed by atoms with Crippen molar-refractivity contribution in [2.24, 2.45) is 0 Å². The van der Waals surface area contributed by atoms with Gasteiger partial charge in [-0.25, -0.2) is 4.98 Å². The van der Waals surface area contributed by atoms with Gasteiger partial charge in [-0.3, -0.25) is 4.79 Å². The first-order valence-corrected chi connectivity index (χ1v) is 9.72. The first-order chi connectivity index (χ1) is 12.0. The number of hydrogen-bond acceptors (Lipinski definition) is 5. The van der Waals surface area contributed by atoms with Crippen LogP contribution in [-0.2, 0) is 0 Å². The molecule has 0 unspecified atom stereocenters. The molecule has 0 aliphatic carbocycles. The number of aryl methyl sites for hydroxylation is 1. The van der Waals surface area contributed by atoms with Gasteiger partial charge in [0.1, 0.15) is 5.69 Å². The molecule has 1 aromatic carbocycles. The Balaban J connectivity index is 1.86. The van der Waals surface area contributed by atoms with Gasteiger partial charge in [0, 0.05) is 17.6 Å². The van der Waals surface area contributed by atoms with E-state index in [0.29, 0.717) is 12.2 Å². The van der Waals surface area contributed by atoms with Crippen molar-refractivity contribution in [1.82, 2.24) is 15.2 Å². The SMILES string of the molecule is CCN(CC)CCCNC(=O)c1csc(Nc2cccc(C)c2C)n1. The Bertz CT molecular complexity index is 694. The number of nitrogens with zero attached hydrogens (tertiary/aromatic N) is 2. The number of aromatic nitrogens is 1. The van der Waals surface area contributed by atoms with Gasteiger partial charge >= 0.3 is 0 Å². The van der Waals surface area contributed by atoms with E-state index in [1.54, 1.807) is 5.38 Å². The number of amides is 1. The highest BCUT2D eigenvalue weighted by Crippen LogP contribution is 2.25. The van der Waals surface area contributed by atoms with Crippen molar-refractivity contribution in [3.63, 3.8) is 0 Å². The van der Waals surface area contributed by atoms with E-state index in [1.807, 2.05) is 12.1 Å². The highest BCUT2D eigenvalue weighted by Gasteiger charge is 2.11. The summed E-state index contributed by atoms with van der Waals surface area (Å²) in [5, 5.41) is 8.79. The minimum Gasteiger partial charge on any atom is -0.351 e. The molecule has 0 saturated carbocycles. The van der Waals surface area contributed by atoms with E-state index in [4.69, 9.17) is 0 Å². The second kappa shape index (κ2) is 9.53. The number of carbonyl (C=O) groups excluding carboxylic acids is 1. The predicted molar refractivity (Wildman–Crippen MR) is 106 cm³/mol. The maximum atomic E-state index is 12.2. The quantitative estimate of drug-likeness (QED) is 0.665. The molecule has 1 amide bonds. The molecule has 0 aliphatic heterocycles. The number of hydrogen-bond donors (Lipinski definition) is 2. The van der Waals surface area contributed by atoms with E-state index >= 15 is 0 Å². The van der Waals surface area contributed by atoms with E-state index in [9.17, 15) is 4.79 Å². The predicted octanol–water partition coefficient (Wildman–Crippen LogP) is 3.97. The molecule has 6 heteroatoms. The summed E-state index contributed by atoms with van der Waals surface area (Å²) in [6.45, 7) is 12.2. The smallest absolute Gasteiger partial charge is 0.270 e. The third-order valence-corrected chi connectivity index (χ3v) is 5.17. The standard InChI is InChI=1S/C19H28N4OS/c1-5-23(6-2)12-8-11-20-18(24)17-13-25-19(22-17)21-16-10-7-9-14(3)15(16)4/h7,9-10,13H,5-6,8,11-12H2,1-4H3,(H,20,24)(H,21,22). The fourth-order valence-corrected chi connectivity index (χ4v) is 3.28. The number of carbonyl (C=O) groups is 1. The normalized spacial score (nSPS) is 10.9. The van der Waals surface area contributed by atoms with E-state index < -0.39 is 0 Å². The lowest BCUT2D eigenvalue weighted by Gasteiger charge is -2.17. The van der Waals surface area contributed by atoms with Crippen molar-refractivity contribution in [2.45, 2.75) is 34.1 Å². The molecule has 5 nitrogen and oxygen atoms in total. The number of benzene rings is 1.